The van der Waals surface area contributed by atoms with Gasteiger partial charge in [-0.05, 0) is 61.4 Å². The van der Waals surface area contributed by atoms with E-state index in [9.17, 15) is 0 Å². The lowest BCUT2D eigenvalue weighted by Gasteiger charge is -2.08. The molecule has 0 atom stereocenters. The topological polar surface area (TPSA) is 53.1 Å². The molecule has 0 fully saturated rings. The second-order valence-corrected chi connectivity index (χ2v) is 9.25. The largest absolute Gasteiger partial charge is 0.494 e. The maximum atomic E-state index is 5.97. The smallest absolute Gasteiger partial charge is 0.248 e. The lowest BCUT2D eigenvalue weighted by Crippen LogP contribution is -2.00. The minimum atomic E-state index is 0.508. The quantitative estimate of drug-likeness (QED) is 0.183. The molecule has 2 heterocycles. The summed E-state index contributed by atoms with van der Waals surface area (Å²) in [6.07, 6.45) is 4.54. The average molecular weight is 488 g/mol. The standard InChI is InChI=1S/C32H29N3O2/c1(10-22-35-29-16-8-6-14-27(29)28-15-7-9-17-30(28)35)2-11-23-36-26-20-18-25(19-21-26)32-34-33-31(37-32)24-12-4-3-5-13-24/h3-9,12-21H,1-2,10-11,22-23H2. The van der Waals surface area contributed by atoms with Crippen molar-refractivity contribution >= 4 is 21.8 Å². The summed E-state index contributed by atoms with van der Waals surface area (Å²) < 4.78 is 14.3. The maximum Gasteiger partial charge on any atom is 0.248 e. The molecule has 2 aromatic heterocycles. The minimum absolute atomic E-state index is 0.508. The summed E-state index contributed by atoms with van der Waals surface area (Å²) >= 11 is 0. The van der Waals surface area contributed by atoms with Gasteiger partial charge in [-0.2, -0.15) is 0 Å². The molecule has 37 heavy (non-hydrogen) atoms. The van der Waals surface area contributed by atoms with Crippen LogP contribution in [0, 0.1) is 0 Å². The van der Waals surface area contributed by atoms with E-state index >= 15 is 0 Å². The van der Waals surface area contributed by atoms with E-state index in [0.717, 1.165) is 42.7 Å². The SMILES string of the molecule is c1ccc(-c2nnc(-c3ccc(OCCCCCCn4c5ccccc5c5ccccc54)cc3)o2)cc1. The van der Waals surface area contributed by atoms with Crippen LogP contribution in [0.25, 0.3) is 44.7 Å². The Labute approximate surface area is 216 Å². The zero-order chi connectivity index (χ0) is 24.9. The molecule has 0 aliphatic rings. The second-order valence-electron chi connectivity index (χ2n) is 9.25. The van der Waals surface area contributed by atoms with Crippen molar-refractivity contribution in [3.8, 4) is 28.7 Å². The Morgan fingerprint density at radius 3 is 1.81 bits per heavy atom. The highest BCUT2D eigenvalue weighted by atomic mass is 16.5. The molecule has 0 N–H and O–H groups in total. The van der Waals surface area contributed by atoms with Crippen LogP contribution in [0.5, 0.6) is 5.75 Å². The number of aromatic nitrogens is 3. The molecule has 184 valence electrons. The van der Waals surface area contributed by atoms with E-state index < -0.39 is 0 Å². The molecule has 0 aliphatic heterocycles. The first-order chi connectivity index (χ1) is 18.4. The Morgan fingerprint density at radius 2 is 1.14 bits per heavy atom. The van der Waals surface area contributed by atoms with E-state index in [1.165, 1.54) is 28.2 Å². The third-order valence-electron chi connectivity index (χ3n) is 6.77. The van der Waals surface area contributed by atoms with Crippen LogP contribution in [0.4, 0.5) is 0 Å². The fourth-order valence-corrected chi connectivity index (χ4v) is 4.89. The minimum Gasteiger partial charge on any atom is -0.494 e. The van der Waals surface area contributed by atoms with E-state index in [0.29, 0.717) is 18.4 Å². The van der Waals surface area contributed by atoms with Crippen molar-refractivity contribution < 1.29 is 9.15 Å². The molecule has 0 spiro atoms. The Bertz CT molecular complexity index is 1550. The number of ether oxygens (including phenoxy) is 1. The Balaban J connectivity index is 0.966. The van der Waals surface area contributed by atoms with Crippen molar-refractivity contribution in [2.24, 2.45) is 0 Å². The molecule has 0 radical (unpaired) electrons. The summed E-state index contributed by atoms with van der Waals surface area (Å²) in [4.78, 5) is 0. The highest BCUT2D eigenvalue weighted by Crippen LogP contribution is 2.29. The number of nitrogens with zero attached hydrogens (tertiary/aromatic N) is 3. The first-order valence-corrected chi connectivity index (χ1v) is 12.9. The number of hydrogen-bond acceptors (Lipinski definition) is 4. The zero-order valence-electron chi connectivity index (χ0n) is 20.7. The molecule has 0 amide bonds. The van der Waals surface area contributed by atoms with Gasteiger partial charge in [0.15, 0.2) is 0 Å². The zero-order valence-corrected chi connectivity index (χ0v) is 20.7. The van der Waals surface area contributed by atoms with Crippen molar-refractivity contribution in [3.63, 3.8) is 0 Å². The van der Waals surface area contributed by atoms with Crippen LogP contribution in [0.3, 0.4) is 0 Å². The Kier molecular flexibility index (Phi) is 6.67. The van der Waals surface area contributed by atoms with Gasteiger partial charge in [0.05, 0.1) is 6.61 Å². The van der Waals surface area contributed by atoms with E-state index in [-0.39, 0.29) is 0 Å². The predicted octanol–water partition coefficient (Wildman–Crippen LogP) is 8.15. The number of fused-ring (bicyclic) bond motifs is 3. The van der Waals surface area contributed by atoms with Crippen LogP contribution in [-0.4, -0.2) is 21.4 Å². The summed E-state index contributed by atoms with van der Waals surface area (Å²) in [6, 6.07) is 35.1. The highest BCUT2D eigenvalue weighted by Gasteiger charge is 2.11. The predicted molar refractivity (Wildman–Crippen MR) is 149 cm³/mol. The molecule has 0 saturated heterocycles. The van der Waals surface area contributed by atoms with Crippen LogP contribution in [-0.2, 0) is 6.54 Å². The average Bonchev–Trinajstić information content (AvgIpc) is 3.57. The molecule has 0 unspecified atom stereocenters. The van der Waals surface area contributed by atoms with E-state index in [1.807, 2.05) is 54.6 Å². The number of benzene rings is 4. The summed E-state index contributed by atoms with van der Waals surface area (Å²) in [5.74, 6) is 1.89. The lowest BCUT2D eigenvalue weighted by atomic mass is 10.2. The molecular formula is C32H29N3O2. The number of aryl methyl sites for hydroxylation is 1. The van der Waals surface area contributed by atoms with Crippen molar-refractivity contribution in [1.82, 2.24) is 14.8 Å². The summed E-state index contributed by atoms with van der Waals surface area (Å²) in [5.41, 5.74) is 4.45. The molecule has 0 bridgehead atoms. The van der Waals surface area contributed by atoms with Gasteiger partial charge >= 0.3 is 0 Å². The third kappa shape index (κ3) is 4.98. The first kappa shape index (κ1) is 23.0. The number of hydrogen-bond donors (Lipinski definition) is 0. The highest BCUT2D eigenvalue weighted by molar-refractivity contribution is 6.07. The van der Waals surface area contributed by atoms with Crippen LogP contribution in [0.2, 0.25) is 0 Å². The molecule has 5 heteroatoms. The fourth-order valence-electron chi connectivity index (χ4n) is 4.89. The fraction of sp³-hybridized carbons (Fsp3) is 0.188. The van der Waals surface area contributed by atoms with Crippen LogP contribution >= 0.6 is 0 Å². The van der Waals surface area contributed by atoms with E-state index in [2.05, 4.69) is 63.3 Å². The molecule has 6 rings (SSSR count). The van der Waals surface area contributed by atoms with Crippen LogP contribution in [0.1, 0.15) is 25.7 Å². The number of unbranched alkanes of at least 4 members (excludes halogenated alkanes) is 3. The van der Waals surface area contributed by atoms with Crippen molar-refractivity contribution in [2.45, 2.75) is 32.2 Å². The molecule has 0 saturated carbocycles. The summed E-state index contributed by atoms with van der Waals surface area (Å²) in [6.45, 7) is 1.76. The third-order valence-corrected chi connectivity index (χ3v) is 6.77. The molecule has 6 aromatic rings. The molecular weight excluding hydrogens is 458 g/mol. The van der Waals surface area contributed by atoms with Gasteiger partial charge in [0.1, 0.15) is 5.75 Å². The van der Waals surface area contributed by atoms with Crippen molar-refractivity contribution in [1.29, 1.82) is 0 Å². The monoisotopic (exact) mass is 487 g/mol. The van der Waals surface area contributed by atoms with Gasteiger partial charge < -0.3 is 13.7 Å². The Hall–Kier alpha value is -4.38. The van der Waals surface area contributed by atoms with Crippen LogP contribution in [0.15, 0.2) is 108 Å². The maximum absolute atomic E-state index is 5.97. The number of para-hydroxylation sites is 2. The lowest BCUT2D eigenvalue weighted by molar-refractivity contribution is 0.304. The van der Waals surface area contributed by atoms with Crippen molar-refractivity contribution in [2.75, 3.05) is 6.61 Å². The van der Waals surface area contributed by atoms with Gasteiger partial charge in [0.2, 0.25) is 11.8 Å². The number of rotatable bonds is 10. The van der Waals surface area contributed by atoms with Crippen LogP contribution < -0.4 is 4.74 Å². The van der Waals surface area contributed by atoms with Crippen molar-refractivity contribution in [3.05, 3.63) is 103 Å². The molecule has 0 aliphatic carbocycles. The van der Waals surface area contributed by atoms with Gasteiger partial charge in [0, 0.05) is 39.5 Å². The van der Waals surface area contributed by atoms with Gasteiger partial charge in [-0.25, -0.2) is 0 Å². The Morgan fingerprint density at radius 1 is 0.568 bits per heavy atom. The van der Waals surface area contributed by atoms with Gasteiger partial charge in [-0.3, -0.25) is 0 Å². The summed E-state index contributed by atoms with van der Waals surface area (Å²) in [5, 5.41) is 11.0. The first-order valence-electron chi connectivity index (χ1n) is 12.9. The van der Waals surface area contributed by atoms with Gasteiger partial charge in [-0.1, -0.05) is 67.4 Å². The van der Waals surface area contributed by atoms with E-state index in [1.54, 1.807) is 0 Å². The normalized spacial score (nSPS) is 11.4. The van der Waals surface area contributed by atoms with Gasteiger partial charge in [0.25, 0.3) is 0 Å². The second kappa shape index (κ2) is 10.7. The van der Waals surface area contributed by atoms with E-state index in [4.69, 9.17) is 9.15 Å². The summed E-state index contributed by atoms with van der Waals surface area (Å²) in [7, 11) is 0. The molecule has 5 nitrogen and oxygen atoms in total. The molecule has 4 aromatic carbocycles. The van der Waals surface area contributed by atoms with Gasteiger partial charge in [-0.15, -0.1) is 10.2 Å².